The van der Waals surface area contributed by atoms with E-state index in [0.29, 0.717) is 0 Å². The summed E-state index contributed by atoms with van der Waals surface area (Å²) in [5.74, 6) is 0. The van der Waals surface area contributed by atoms with Gasteiger partial charge in [-0.3, -0.25) is 4.90 Å². The van der Waals surface area contributed by atoms with Crippen LogP contribution in [0.15, 0.2) is 30.3 Å². The van der Waals surface area contributed by atoms with Crippen molar-refractivity contribution in [2.45, 2.75) is 31.9 Å². The molecule has 0 amide bonds. The maximum absolute atomic E-state index is 5.55. The number of hydrogen-bond acceptors (Lipinski definition) is 3. The van der Waals surface area contributed by atoms with E-state index in [-0.39, 0.29) is 11.1 Å². The number of nitrogens with zero attached hydrogens (tertiary/aromatic N) is 1. The van der Waals surface area contributed by atoms with E-state index in [1.165, 1.54) is 5.56 Å². The predicted octanol–water partition coefficient (Wildman–Crippen LogP) is 2.23. The number of ether oxygens (including phenoxy) is 1. The van der Waals surface area contributed by atoms with Crippen molar-refractivity contribution in [2.24, 2.45) is 0 Å². The standard InChI is InChI=1S/C16H26N2O/c1-15(2,19-4)12-18-11-10-17-16(3,13-18)14-8-6-5-7-9-14/h5-9,17H,10-13H2,1-4H3. The second-order valence-corrected chi connectivity index (χ2v) is 6.30. The van der Waals surface area contributed by atoms with Crippen molar-refractivity contribution in [3.8, 4) is 0 Å². The van der Waals surface area contributed by atoms with Gasteiger partial charge in [0.1, 0.15) is 0 Å². The zero-order valence-corrected chi connectivity index (χ0v) is 12.6. The van der Waals surface area contributed by atoms with Crippen molar-refractivity contribution in [1.29, 1.82) is 0 Å². The Morgan fingerprint density at radius 2 is 2.00 bits per heavy atom. The smallest absolute Gasteiger partial charge is 0.0749 e. The van der Waals surface area contributed by atoms with Crippen LogP contribution in [0.2, 0.25) is 0 Å². The highest BCUT2D eigenvalue weighted by atomic mass is 16.5. The van der Waals surface area contributed by atoms with Crippen LogP contribution in [0.3, 0.4) is 0 Å². The Bertz CT molecular complexity index is 404. The number of piperazine rings is 1. The number of hydrogen-bond donors (Lipinski definition) is 1. The number of rotatable bonds is 4. The monoisotopic (exact) mass is 262 g/mol. The first-order valence-electron chi connectivity index (χ1n) is 7.03. The van der Waals surface area contributed by atoms with Gasteiger partial charge in [-0.05, 0) is 26.3 Å². The average Bonchev–Trinajstić information content (AvgIpc) is 2.39. The summed E-state index contributed by atoms with van der Waals surface area (Å²) in [5.41, 5.74) is 1.30. The van der Waals surface area contributed by atoms with E-state index < -0.39 is 0 Å². The molecule has 0 spiro atoms. The summed E-state index contributed by atoms with van der Waals surface area (Å²) in [6.45, 7) is 10.7. The summed E-state index contributed by atoms with van der Waals surface area (Å²) < 4.78 is 5.55. The predicted molar refractivity (Wildman–Crippen MR) is 79.3 cm³/mol. The van der Waals surface area contributed by atoms with Crippen LogP contribution in [-0.2, 0) is 10.3 Å². The van der Waals surface area contributed by atoms with Gasteiger partial charge in [0.2, 0.25) is 0 Å². The molecule has 1 atom stereocenters. The second-order valence-electron chi connectivity index (χ2n) is 6.30. The third kappa shape index (κ3) is 3.56. The van der Waals surface area contributed by atoms with Crippen molar-refractivity contribution < 1.29 is 4.74 Å². The van der Waals surface area contributed by atoms with E-state index in [2.05, 4.69) is 61.3 Å². The third-order valence-electron chi connectivity index (χ3n) is 4.05. The van der Waals surface area contributed by atoms with Gasteiger partial charge in [-0.25, -0.2) is 0 Å². The van der Waals surface area contributed by atoms with Crippen LogP contribution in [0, 0.1) is 0 Å². The molecule has 0 aromatic heterocycles. The van der Waals surface area contributed by atoms with Gasteiger partial charge in [0.25, 0.3) is 0 Å². The molecule has 1 heterocycles. The average molecular weight is 262 g/mol. The molecule has 2 rings (SSSR count). The lowest BCUT2D eigenvalue weighted by Crippen LogP contribution is -2.58. The van der Waals surface area contributed by atoms with Crippen LogP contribution in [0.1, 0.15) is 26.3 Å². The van der Waals surface area contributed by atoms with Crippen LogP contribution in [-0.4, -0.2) is 43.8 Å². The second kappa shape index (κ2) is 5.61. The number of benzene rings is 1. The van der Waals surface area contributed by atoms with E-state index in [1.54, 1.807) is 7.11 Å². The molecule has 3 heteroatoms. The highest BCUT2D eigenvalue weighted by Gasteiger charge is 2.34. The zero-order valence-electron chi connectivity index (χ0n) is 12.6. The minimum atomic E-state index is -0.0884. The summed E-state index contributed by atoms with van der Waals surface area (Å²) >= 11 is 0. The molecule has 106 valence electrons. The molecule has 0 aliphatic carbocycles. The normalized spacial score (nSPS) is 25.5. The minimum Gasteiger partial charge on any atom is -0.377 e. The highest BCUT2D eigenvalue weighted by Crippen LogP contribution is 2.25. The Morgan fingerprint density at radius 1 is 1.32 bits per heavy atom. The first-order chi connectivity index (χ1) is 8.95. The fraction of sp³-hybridized carbons (Fsp3) is 0.625. The van der Waals surface area contributed by atoms with Crippen LogP contribution < -0.4 is 5.32 Å². The summed E-state index contributed by atoms with van der Waals surface area (Å²) in [6, 6.07) is 10.7. The topological polar surface area (TPSA) is 24.5 Å². The van der Waals surface area contributed by atoms with Gasteiger partial charge < -0.3 is 10.1 Å². The van der Waals surface area contributed by atoms with E-state index in [9.17, 15) is 0 Å². The molecular formula is C16H26N2O. The van der Waals surface area contributed by atoms with E-state index >= 15 is 0 Å². The van der Waals surface area contributed by atoms with Crippen LogP contribution in [0.4, 0.5) is 0 Å². The minimum absolute atomic E-state index is 0.0311. The van der Waals surface area contributed by atoms with Crippen molar-refractivity contribution in [1.82, 2.24) is 10.2 Å². The third-order valence-corrected chi connectivity index (χ3v) is 4.05. The van der Waals surface area contributed by atoms with Gasteiger partial charge in [-0.1, -0.05) is 30.3 Å². The van der Waals surface area contributed by atoms with Crippen LogP contribution in [0.5, 0.6) is 0 Å². The van der Waals surface area contributed by atoms with Gasteiger partial charge in [-0.2, -0.15) is 0 Å². The Morgan fingerprint density at radius 3 is 2.63 bits per heavy atom. The largest absolute Gasteiger partial charge is 0.377 e. The van der Waals surface area contributed by atoms with Gasteiger partial charge in [0, 0.05) is 33.3 Å². The molecule has 0 bridgehead atoms. The quantitative estimate of drug-likeness (QED) is 0.900. The number of methoxy groups -OCH3 is 1. The Hall–Kier alpha value is -0.900. The molecule has 3 nitrogen and oxygen atoms in total. The Kier molecular flexibility index (Phi) is 4.29. The maximum Gasteiger partial charge on any atom is 0.0749 e. The lowest BCUT2D eigenvalue weighted by molar-refractivity contribution is -0.0195. The molecule has 1 aliphatic rings. The molecule has 1 aliphatic heterocycles. The molecule has 0 radical (unpaired) electrons. The zero-order chi connectivity index (χ0) is 13.9. The van der Waals surface area contributed by atoms with Crippen molar-refractivity contribution >= 4 is 0 Å². The molecule has 1 unspecified atom stereocenters. The maximum atomic E-state index is 5.55. The first-order valence-corrected chi connectivity index (χ1v) is 7.03. The van der Waals surface area contributed by atoms with E-state index in [0.717, 1.165) is 26.2 Å². The van der Waals surface area contributed by atoms with E-state index in [1.807, 2.05) is 0 Å². The SMILES string of the molecule is COC(C)(C)CN1CCNC(C)(c2ccccc2)C1. The Balaban J connectivity index is 2.08. The molecule has 1 fully saturated rings. The van der Waals surface area contributed by atoms with Crippen LogP contribution >= 0.6 is 0 Å². The molecule has 0 saturated carbocycles. The molecule has 19 heavy (non-hydrogen) atoms. The van der Waals surface area contributed by atoms with Gasteiger partial charge in [0.15, 0.2) is 0 Å². The number of nitrogens with one attached hydrogen (secondary N) is 1. The van der Waals surface area contributed by atoms with Crippen molar-refractivity contribution in [3.05, 3.63) is 35.9 Å². The Labute approximate surface area is 116 Å². The van der Waals surface area contributed by atoms with Crippen LogP contribution in [0.25, 0.3) is 0 Å². The molecule has 1 aromatic rings. The molecule has 1 aromatic carbocycles. The van der Waals surface area contributed by atoms with Gasteiger partial charge >= 0.3 is 0 Å². The van der Waals surface area contributed by atoms with E-state index in [4.69, 9.17) is 4.74 Å². The lowest BCUT2D eigenvalue weighted by Gasteiger charge is -2.44. The first kappa shape index (κ1) is 14.5. The summed E-state index contributed by atoms with van der Waals surface area (Å²) in [5, 5.41) is 3.66. The summed E-state index contributed by atoms with van der Waals surface area (Å²) in [4.78, 5) is 2.49. The molecule has 1 N–H and O–H groups in total. The fourth-order valence-corrected chi connectivity index (χ4v) is 2.81. The van der Waals surface area contributed by atoms with Crippen molar-refractivity contribution in [3.63, 3.8) is 0 Å². The van der Waals surface area contributed by atoms with Crippen molar-refractivity contribution in [2.75, 3.05) is 33.3 Å². The van der Waals surface area contributed by atoms with Gasteiger partial charge in [0.05, 0.1) is 11.1 Å². The summed E-state index contributed by atoms with van der Waals surface area (Å²) in [7, 11) is 1.79. The summed E-state index contributed by atoms with van der Waals surface area (Å²) in [6.07, 6.45) is 0. The van der Waals surface area contributed by atoms with Gasteiger partial charge in [-0.15, -0.1) is 0 Å². The molecule has 1 saturated heterocycles. The fourth-order valence-electron chi connectivity index (χ4n) is 2.81. The molecular weight excluding hydrogens is 236 g/mol. The lowest BCUT2D eigenvalue weighted by atomic mass is 9.89. The highest BCUT2D eigenvalue weighted by molar-refractivity contribution is 5.24.